The molecular weight excluding hydrogens is 200 g/mol. The highest BCUT2D eigenvalue weighted by Gasteiger charge is 2.01. The summed E-state index contributed by atoms with van der Waals surface area (Å²) in [5.74, 6) is 0. The summed E-state index contributed by atoms with van der Waals surface area (Å²) >= 11 is 0. The highest BCUT2D eigenvalue weighted by Crippen LogP contribution is 2.20. The fraction of sp³-hybridized carbons (Fsp3) is 0.308. The third-order valence-corrected chi connectivity index (χ3v) is 2.46. The molecule has 0 radical (unpaired) electrons. The topological polar surface area (TPSA) is 38.1 Å². The van der Waals surface area contributed by atoms with Crippen LogP contribution in [0.1, 0.15) is 19.8 Å². The Balaban J connectivity index is 2.08. The molecule has 0 atom stereocenters. The van der Waals surface area contributed by atoms with Crippen LogP contribution < -0.4 is 5.32 Å². The standard InChI is InChI=1S/C13H16N2O/c1-2-3-8-14-12-6-4-5-11(10-12)13-7-9-16-15-13/h4-7,9-10,14H,2-3,8H2,1H3. The van der Waals surface area contributed by atoms with E-state index in [1.165, 1.54) is 12.8 Å². The summed E-state index contributed by atoms with van der Waals surface area (Å²) in [5, 5.41) is 7.31. The molecule has 0 unspecified atom stereocenters. The molecule has 0 saturated heterocycles. The van der Waals surface area contributed by atoms with Crippen LogP contribution >= 0.6 is 0 Å². The Morgan fingerprint density at radius 1 is 1.31 bits per heavy atom. The number of unbranched alkanes of at least 4 members (excludes halogenated alkanes) is 1. The van der Waals surface area contributed by atoms with Gasteiger partial charge in [0, 0.05) is 23.9 Å². The van der Waals surface area contributed by atoms with E-state index in [0.29, 0.717) is 0 Å². The van der Waals surface area contributed by atoms with Crippen molar-refractivity contribution < 1.29 is 4.52 Å². The van der Waals surface area contributed by atoms with Crippen molar-refractivity contribution >= 4 is 5.69 Å². The van der Waals surface area contributed by atoms with E-state index in [-0.39, 0.29) is 0 Å². The molecule has 0 spiro atoms. The summed E-state index contributed by atoms with van der Waals surface area (Å²) < 4.78 is 4.84. The quantitative estimate of drug-likeness (QED) is 0.777. The zero-order valence-electron chi connectivity index (χ0n) is 9.44. The number of aromatic nitrogens is 1. The van der Waals surface area contributed by atoms with Crippen LogP contribution in [0.4, 0.5) is 5.69 Å². The molecule has 0 aliphatic carbocycles. The number of nitrogens with one attached hydrogen (secondary N) is 1. The van der Waals surface area contributed by atoms with Gasteiger partial charge in [0.1, 0.15) is 12.0 Å². The molecule has 0 fully saturated rings. The molecule has 2 aromatic rings. The molecule has 0 aliphatic rings. The summed E-state index contributed by atoms with van der Waals surface area (Å²) in [4.78, 5) is 0. The number of benzene rings is 1. The number of anilines is 1. The van der Waals surface area contributed by atoms with Crippen molar-refractivity contribution in [2.24, 2.45) is 0 Å². The Morgan fingerprint density at radius 2 is 2.25 bits per heavy atom. The zero-order chi connectivity index (χ0) is 11.2. The van der Waals surface area contributed by atoms with Gasteiger partial charge in [0.25, 0.3) is 0 Å². The summed E-state index contributed by atoms with van der Waals surface area (Å²) in [7, 11) is 0. The number of hydrogen-bond acceptors (Lipinski definition) is 3. The molecule has 16 heavy (non-hydrogen) atoms. The maximum Gasteiger partial charge on any atom is 0.124 e. The van der Waals surface area contributed by atoms with Gasteiger partial charge in [-0.1, -0.05) is 30.6 Å². The molecule has 1 heterocycles. The van der Waals surface area contributed by atoms with Crippen LogP contribution in [0, 0.1) is 0 Å². The highest BCUT2D eigenvalue weighted by molar-refractivity contribution is 5.64. The van der Waals surface area contributed by atoms with Gasteiger partial charge in [0.05, 0.1) is 0 Å². The maximum atomic E-state index is 4.84. The van der Waals surface area contributed by atoms with Gasteiger partial charge in [-0.25, -0.2) is 0 Å². The van der Waals surface area contributed by atoms with Crippen LogP contribution in [0.3, 0.4) is 0 Å². The van der Waals surface area contributed by atoms with Crippen molar-refractivity contribution in [1.29, 1.82) is 0 Å². The first-order valence-corrected chi connectivity index (χ1v) is 5.65. The van der Waals surface area contributed by atoms with Crippen molar-refractivity contribution in [3.8, 4) is 11.3 Å². The van der Waals surface area contributed by atoms with Crippen molar-refractivity contribution in [2.45, 2.75) is 19.8 Å². The predicted molar refractivity (Wildman–Crippen MR) is 65.3 cm³/mol. The molecule has 3 heteroatoms. The second kappa shape index (κ2) is 5.35. The van der Waals surface area contributed by atoms with Crippen molar-refractivity contribution in [3.63, 3.8) is 0 Å². The first kappa shape index (κ1) is 10.7. The number of nitrogens with zero attached hydrogens (tertiary/aromatic N) is 1. The van der Waals surface area contributed by atoms with E-state index in [9.17, 15) is 0 Å². The van der Waals surface area contributed by atoms with E-state index in [2.05, 4.69) is 29.5 Å². The second-order valence-electron chi connectivity index (χ2n) is 3.75. The fourth-order valence-electron chi connectivity index (χ4n) is 1.56. The Bertz CT molecular complexity index is 423. The van der Waals surface area contributed by atoms with Gasteiger partial charge >= 0.3 is 0 Å². The Hall–Kier alpha value is -1.77. The maximum absolute atomic E-state index is 4.84. The molecule has 2 rings (SSSR count). The van der Waals surface area contributed by atoms with Gasteiger partial charge in [0.15, 0.2) is 0 Å². The summed E-state index contributed by atoms with van der Waals surface area (Å²) in [6.07, 6.45) is 3.98. The normalized spacial score (nSPS) is 10.3. The summed E-state index contributed by atoms with van der Waals surface area (Å²) in [6.45, 7) is 3.20. The summed E-state index contributed by atoms with van der Waals surface area (Å²) in [6, 6.07) is 10.1. The van der Waals surface area contributed by atoms with Gasteiger partial charge in [0.2, 0.25) is 0 Å². The van der Waals surface area contributed by atoms with Crippen LogP contribution in [-0.2, 0) is 0 Å². The summed E-state index contributed by atoms with van der Waals surface area (Å²) in [5.41, 5.74) is 3.09. The molecule has 0 aliphatic heterocycles. The fourth-order valence-corrected chi connectivity index (χ4v) is 1.56. The molecule has 0 saturated carbocycles. The zero-order valence-corrected chi connectivity index (χ0v) is 9.44. The predicted octanol–water partition coefficient (Wildman–Crippen LogP) is 3.55. The van der Waals surface area contributed by atoms with Gasteiger partial charge < -0.3 is 9.84 Å². The molecule has 84 valence electrons. The Morgan fingerprint density at radius 3 is 3.00 bits per heavy atom. The number of hydrogen-bond donors (Lipinski definition) is 1. The van der Waals surface area contributed by atoms with E-state index in [0.717, 1.165) is 23.5 Å². The smallest absolute Gasteiger partial charge is 0.124 e. The average molecular weight is 216 g/mol. The molecular formula is C13H16N2O. The van der Waals surface area contributed by atoms with Gasteiger partial charge in [-0.2, -0.15) is 0 Å². The molecule has 1 aromatic heterocycles. The lowest BCUT2D eigenvalue weighted by atomic mass is 10.1. The highest BCUT2D eigenvalue weighted by atomic mass is 16.5. The van der Waals surface area contributed by atoms with Crippen molar-refractivity contribution in [2.75, 3.05) is 11.9 Å². The third kappa shape index (κ3) is 2.63. The molecule has 1 aromatic carbocycles. The van der Waals surface area contributed by atoms with E-state index in [1.54, 1.807) is 6.26 Å². The largest absolute Gasteiger partial charge is 0.385 e. The van der Waals surface area contributed by atoms with E-state index < -0.39 is 0 Å². The van der Waals surface area contributed by atoms with Crippen molar-refractivity contribution in [1.82, 2.24) is 5.16 Å². The van der Waals surface area contributed by atoms with E-state index in [1.807, 2.05) is 18.2 Å². The molecule has 3 nitrogen and oxygen atoms in total. The minimum Gasteiger partial charge on any atom is -0.385 e. The van der Waals surface area contributed by atoms with E-state index >= 15 is 0 Å². The van der Waals surface area contributed by atoms with Gasteiger partial charge in [-0.05, 0) is 18.6 Å². The van der Waals surface area contributed by atoms with Crippen LogP contribution in [-0.4, -0.2) is 11.7 Å². The lowest BCUT2D eigenvalue weighted by molar-refractivity contribution is 0.422. The van der Waals surface area contributed by atoms with Gasteiger partial charge in [-0.3, -0.25) is 0 Å². The van der Waals surface area contributed by atoms with Crippen molar-refractivity contribution in [3.05, 3.63) is 36.6 Å². The van der Waals surface area contributed by atoms with Crippen LogP contribution in [0.2, 0.25) is 0 Å². The van der Waals surface area contributed by atoms with E-state index in [4.69, 9.17) is 4.52 Å². The SMILES string of the molecule is CCCCNc1cccc(-c2ccon2)c1. The first-order chi connectivity index (χ1) is 7.90. The second-order valence-corrected chi connectivity index (χ2v) is 3.75. The number of rotatable bonds is 5. The lowest BCUT2D eigenvalue weighted by Crippen LogP contribution is -2.00. The molecule has 1 N–H and O–H groups in total. The average Bonchev–Trinajstić information content (AvgIpc) is 2.83. The van der Waals surface area contributed by atoms with Crippen LogP contribution in [0.15, 0.2) is 41.1 Å². The Labute approximate surface area is 95.5 Å². The first-order valence-electron chi connectivity index (χ1n) is 5.65. The minimum atomic E-state index is 0.874. The van der Waals surface area contributed by atoms with Gasteiger partial charge in [-0.15, -0.1) is 0 Å². The van der Waals surface area contributed by atoms with Crippen LogP contribution in [0.5, 0.6) is 0 Å². The van der Waals surface area contributed by atoms with Crippen LogP contribution in [0.25, 0.3) is 11.3 Å². The third-order valence-electron chi connectivity index (χ3n) is 2.46. The monoisotopic (exact) mass is 216 g/mol. The molecule has 0 amide bonds. The minimum absolute atomic E-state index is 0.874. The molecule has 0 bridgehead atoms. The lowest BCUT2D eigenvalue weighted by Gasteiger charge is -2.06. The Kier molecular flexibility index (Phi) is 3.59.